The molecule has 7 heteroatoms. The van der Waals surface area contributed by atoms with Gasteiger partial charge >= 0.3 is 6.97 Å². The van der Waals surface area contributed by atoms with Crippen molar-refractivity contribution in [2.45, 2.75) is 33.2 Å². The van der Waals surface area contributed by atoms with Crippen LogP contribution in [0.2, 0.25) is 0 Å². The normalized spacial score (nSPS) is 16.0. The summed E-state index contributed by atoms with van der Waals surface area (Å²) in [5.74, 6) is 0. The zero-order valence-corrected chi connectivity index (χ0v) is 24.1. The number of fused-ring (bicyclic) bond motifs is 2. The highest BCUT2D eigenvalue weighted by atomic mass is 19.2. The molecule has 3 aromatic carbocycles. The van der Waals surface area contributed by atoms with Crippen LogP contribution in [0.5, 0.6) is 0 Å². The van der Waals surface area contributed by atoms with Crippen LogP contribution < -0.4 is 0 Å². The summed E-state index contributed by atoms with van der Waals surface area (Å²) in [6.45, 7) is 3.26. The fraction of sp³-hybridized carbons (Fsp3) is 0.143. The molecular weight excluding hydrogens is 525 g/mol. The van der Waals surface area contributed by atoms with Crippen molar-refractivity contribution in [2.24, 2.45) is 0 Å². The maximum atomic E-state index is 16.2. The number of rotatable bonds is 5. The summed E-state index contributed by atoms with van der Waals surface area (Å²) >= 11 is 0. The largest absolute Gasteiger partial charge is 0.737 e. The van der Waals surface area contributed by atoms with Crippen molar-refractivity contribution in [3.63, 3.8) is 0 Å². The predicted octanol–water partition coefficient (Wildman–Crippen LogP) is 7.57. The van der Waals surface area contributed by atoms with Crippen LogP contribution in [0.1, 0.15) is 53.2 Å². The Morgan fingerprint density at radius 1 is 0.762 bits per heavy atom. The van der Waals surface area contributed by atoms with Gasteiger partial charge in [-0.2, -0.15) is 0 Å². The highest BCUT2D eigenvalue weighted by molar-refractivity contribution is 6.58. The van der Waals surface area contributed by atoms with Crippen molar-refractivity contribution in [1.29, 1.82) is 0 Å². The van der Waals surface area contributed by atoms with E-state index in [2.05, 4.69) is 41.0 Å². The van der Waals surface area contributed by atoms with Crippen LogP contribution in [0.25, 0.3) is 5.57 Å². The molecule has 0 saturated carbocycles. The van der Waals surface area contributed by atoms with Crippen LogP contribution in [0.3, 0.4) is 0 Å². The van der Waals surface area contributed by atoms with E-state index in [1.807, 2.05) is 93.1 Å². The molecule has 0 amide bonds. The van der Waals surface area contributed by atoms with Crippen LogP contribution in [0, 0.1) is 13.8 Å². The molecule has 208 valence electrons. The Bertz CT molecular complexity index is 1830. The average molecular weight is 556 g/mol. The summed E-state index contributed by atoms with van der Waals surface area (Å²) in [5, 5.41) is 0. The van der Waals surface area contributed by atoms with Crippen molar-refractivity contribution in [3.05, 3.63) is 166 Å². The van der Waals surface area contributed by atoms with E-state index in [4.69, 9.17) is 4.98 Å². The van der Waals surface area contributed by atoms with Gasteiger partial charge in [0.15, 0.2) is 5.70 Å². The monoisotopic (exact) mass is 556 g/mol. The van der Waals surface area contributed by atoms with Crippen molar-refractivity contribution in [3.8, 4) is 0 Å². The summed E-state index contributed by atoms with van der Waals surface area (Å²) in [7, 11) is 0. The molecule has 2 aromatic heterocycles. The van der Waals surface area contributed by atoms with Gasteiger partial charge in [0, 0.05) is 30.5 Å². The van der Waals surface area contributed by atoms with E-state index < -0.39 is 12.5 Å². The van der Waals surface area contributed by atoms with E-state index in [1.54, 1.807) is 13.8 Å². The molecule has 2 aliphatic heterocycles. The van der Waals surface area contributed by atoms with E-state index >= 15 is 8.63 Å². The third kappa shape index (κ3) is 3.52. The van der Waals surface area contributed by atoms with Crippen molar-refractivity contribution >= 4 is 18.3 Å². The first-order valence-corrected chi connectivity index (χ1v) is 14.2. The second kappa shape index (κ2) is 9.38. The molecule has 2 aliphatic rings. The molecule has 0 saturated heterocycles. The lowest BCUT2D eigenvalue weighted by Gasteiger charge is -2.37. The number of imidazole rings is 1. The molecule has 4 nitrogen and oxygen atoms in total. The minimum absolute atomic E-state index is 0.529. The fourth-order valence-electron chi connectivity index (χ4n) is 7.16. The minimum Gasteiger partial charge on any atom is -0.393 e. The van der Waals surface area contributed by atoms with E-state index in [0.717, 1.165) is 33.4 Å². The predicted molar refractivity (Wildman–Crippen MR) is 165 cm³/mol. The van der Waals surface area contributed by atoms with E-state index in [0.29, 0.717) is 28.5 Å². The first-order valence-electron chi connectivity index (χ1n) is 14.2. The maximum absolute atomic E-state index is 16.2. The Hall–Kier alpha value is -4.78. The van der Waals surface area contributed by atoms with Gasteiger partial charge in [0.05, 0.1) is 17.6 Å². The number of halogens is 2. The van der Waals surface area contributed by atoms with Gasteiger partial charge in [-0.1, -0.05) is 91.0 Å². The Kier molecular flexibility index (Phi) is 5.84. The maximum Gasteiger partial charge on any atom is 0.737 e. The number of hydrogen-bond acceptors (Lipinski definition) is 1. The van der Waals surface area contributed by atoms with Crippen molar-refractivity contribution in [1.82, 2.24) is 14.0 Å². The number of allylic oxidation sites excluding steroid dienone is 2. The lowest BCUT2D eigenvalue weighted by molar-refractivity contribution is -0.363. The Morgan fingerprint density at radius 3 is 1.81 bits per heavy atom. The Balaban J connectivity index is 1.56. The van der Waals surface area contributed by atoms with Gasteiger partial charge in [-0.05, 0) is 54.8 Å². The molecule has 0 fully saturated rings. The first-order chi connectivity index (χ1) is 20.3. The number of aromatic nitrogens is 3. The molecule has 4 heterocycles. The Morgan fingerprint density at radius 2 is 1.29 bits per heavy atom. The molecular formula is C35H31BF2N4. The zero-order valence-electron chi connectivity index (χ0n) is 24.1. The summed E-state index contributed by atoms with van der Waals surface area (Å²) in [5.41, 5.74) is 7.58. The highest BCUT2D eigenvalue weighted by Crippen LogP contribution is 2.45. The minimum atomic E-state index is -4.06. The second-order valence-electron chi connectivity index (χ2n) is 11.3. The molecule has 7 rings (SSSR count). The van der Waals surface area contributed by atoms with Crippen LogP contribution in [-0.2, 0) is 5.54 Å². The summed E-state index contributed by atoms with van der Waals surface area (Å²) in [6.07, 6.45) is 5.72. The molecule has 5 aromatic rings. The van der Waals surface area contributed by atoms with E-state index in [9.17, 15) is 0 Å². The molecule has 0 radical (unpaired) electrons. The smallest absolute Gasteiger partial charge is 0.393 e. The second-order valence-corrected chi connectivity index (χ2v) is 11.3. The number of aryl methyl sites for hydroxylation is 2. The Labute approximate surface area is 244 Å². The van der Waals surface area contributed by atoms with E-state index in [-0.39, 0.29) is 0 Å². The quantitative estimate of drug-likeness (QED) is 0.162. The summed E-state index contributed by atoms with van der Waals surface area (Å²) in [6, 6.07) is 33.0. The number of benzene rings is 3. The van der Waals surface area contributed by atoms with Gasteiger partial charge in [0.25, 0.3) is 0 Å². The third-order valence-corrected chi connectivity index (χ3v) is 8.74. The molecule has 0 atom stereocenters. The van der Waals surface area contributed by atoms with Crippen LogP contribution >= 0.6 is 0 Å². The SMILES string of the molecule is CC1=CC(C)=[N+]2C1=C(c1cn(C(c3ccccc3)(c3ccccc3)c3ccccc3)cn1)c1c(C)cc(C)n1[B-]2(F)F. The van der Waals surface area contributed by atoms with Gasteiger partial charge in [-0.3, -0.25) is 0 Å². The van der Waals surface area contributed by atoms with Crippen LogP contribution in [0.4, 0.5) is 8.63 Å². The van der Waals surface area contributed by atoms with Crippen LogP contribution in [-0.4, -0.2) is 31.2 Å². The topological polar surface area (TPSA) is 25.8 Å². The fourth-order valence-corrected chi connectivity index (χ4v) is 7.16. The van der Waals surface area contributed by atoms with E-state index in [1.165, 1.54) is 8.96 Å². The van der Waals surface area contributed by atoms with Gasteiger partial charge in [0.1, 0.15) is 11.3 Å². The number of hydrogen-bond donors (Lipinski definition) is 0. The molecule has 0 bridgehead atoms. The zero-order chi connectivity index (χ0) is 29.2. The summed E-state index contributed by atoms with van der Waals surface area (Å²) in [4.78, 5) is 4.99. The van der Waals surface area contributed by atoms with Gasteiger partial charge < -0.3 is 22.2 Å². The molecule has 0 unspecified atom stereocenters. The molecule has 0 aliphatic carbocycles. The van der Waals surface area contributed by atoms with Gasteiger partial charge in [-0.15, -0.1) is 0 Å². The highest BCUT2D eigenvalue weighted by Gasteiger charge is 2.55. The third-order valence-electron chi connectivity index (χ3n) is 8.74. The molecule has 0 spiro atoms. The van der Waals surface area contributed by atoms with Gasteiger partial charge in [-0.25, -0.2) is 4.98 Å². The average Bonchev–Trinajstić information content (AvgIpc) is 3.68. The van der Waals surface area contributed by atoms with Crippen LogP contribution in [0.15, 0.2) is 127 Å². The van der Waals surface area contributed by atoms with Crippen molar-refractivity contribution in [2.75, 3.05) is 0 Å². The number of nitrogens with zero attached hydrogens (tertiary/aromatic N) is 4. The van der Waals surface area contributed by atoms with Gasteiger partial charge in [0.2, 0.25) is 0 Å². The van der Waals surface area contributed by atoms with Crippen molar-refractivity contribution < 1.29 is 13.1 Å². The molecule has 0 N–H and O–H groups in total. The summed E-state index contributed by atoms with van der Waals surface area (Å²) < 4.78 is 37.1. The molecule has 42 heavy (non-hydrogen) atoms. The lowest BCUT2D eigenvalue weighted by Crippen LogP contribution is -2.51. The standard InChI is InChI=1S/C35H31BF2N4/c1-24-20-26(3)41-33(24)32(34-25(2)21-27(4)42(34)36(41,37)38)31-22-40(23-39-31)35(28-14-8-5-9-15-28,29-16-10-6-11-17-29)30-18-12-7-13-19-30/h5-23H,1-4H3. The first kappa shape index (κ1) is 26.1. The lowest BCUT2D eigenvalue weighted by atomic mass is 9.76.